The average Bonchev–Trinajstić information content (AvgIpc) is 3.51. The molecule has 2 aliphatic heterocycles. The van der Waals surface area contributed by atoms with Gasteiger partial charge in [-0.1, -0.05) is 84.4 Å². The number of piperazine rings is 1. The number of aryl methyl sites for hydroxylation is 2. The van der Waals surface area contributed by atoms with Gasteiger partial charge in [0, 0.05) is 79.2 Å². The van der Waals surface area contributed by atoms with Crippen molar-refractivity contribution in [2.45, 2.75) is 39.4 Å². The Kier molecular flexibility index (Phi) is 9.68. The summed E-state index contributed by atoms with van der Waals surface area (Å²) in [6.07, 6.45) is 1.36. The summed E-state index contributed by atoms with van der Waals surface area (Å²) < 4.78 is 6.87. The Morgan fingerprint density at radius 2 is 1.40 bits per heavy atom. The fourth-order valence-corrected chi connectivity index (χ4v) is 7.72. The van der Waals surface area contributed by atoms with Gasteiger partial charge in [-0.2, -0.15) is 0 Å². The summed E-state index contributed by atoms with van der Waals surface area (Å²) in [7, 11) is 0. The van der Waals surface area contributed by atoms with Crippen molar-refractivity contribution in [1.82, 2.24) is 19.6 Å². The van der Waals surface area contributed by atoms with Crippen molar-refractivity contribution in [3.8, 4) is 11.1 Å². The highest BCUT2D eigenvalue weighted by molar-refractivity contribution is 6.26. The molecule has 2 fully saturated rings. The van der Waals surface area contributed by atoms with Crippen molar-refractivity contribution in [1.29, 1.82) is 0 Å². The molecule has 2 saturated heterocycles. The molecule has 3 aliphatic rings. The number of fused-ring (bicyclic) bond motifs is 2. The molecule has 266 valence electrons. The standard InChI is InChI=1S/C42H44N6O4/c1-30-8-13-33(14-9-30)36-17-12-32(28-45-23-25-52-26-24-45)27-34(36)29-44-19-21-46(22-20-44)35-15-10-31(11-16-35)5-4-18-47-40-39(43-48(47)51)41(49)37-6-2-3-7-38(37)42(40)50/h2-3,6-17,27H,4-5,18-26,28-29H2,1H3. The molecule has 52 heavy (non-hydrogen) atoms. The van der Waals surface area contributed by atoms with Crippen LogP contribution in [-0.4, -0.2) is 83.6 Å². The number of rotatable bonds is 10. The highest BCUT2D eigenvalue weighted by Crippen LogP contribution is 2.29. The van der Waals surface area contributed by atoms with Gasteiger partial charge in [0.05, 0.1) is 19.8 Å². The van der Waals surface area contributed by atoms with Gasteiger partial charge in [0.15, 0.2) is 5.69 Å². The molecule has 0 atom stereocenters. The minimum absolute atomic E-state index is 0.0628. The number of hydrogen-bond donors (Lipinski definition) is 0. The molecule has 10 nitrogen and oxygen atoms in total. The van der Waals surface area contributed by atoms with E-state index in [1.165, 1.54) is 38.2 Å². The van der Waals surface area contributed by atoms with Crippen LogP contribution in [0.3, 0.4) is 0 Å². The van der Waals surface area contributed by atoms with E-state index in [9.17, 15) is 14.8 Å². The first-order chi connectivity index (χ1) is 25.4. The first-order valence-corrected chi connectivity index (χ1v) is 18.4. The minimum atomic E-state index is -0.384. The van der Waals surface area contributed by atoms with Crippen LogP contribution in [0.2, 0.25) is 0 Å². The summed E-state index contributed by atoms with van der Waals surface area (Å²) in [5, 5.41) is 16.6. The zero-order valence-electron chi connectivity index (χ0n) is 29.7. The van der Waals surface area contributed by atoms with Crippen LogP contribution >= 0.6 is 0 Å². The maximum Gasteiger partial charge on any atom is 0.220 e. The molecule has 1 aromatic heterocycles. The molecule has 10 heteroatoms. The normalized spacial score (nSPS) is 16.6. The third-order valence-corrected chi connectivity index (χ3v) is 10.7. The lowest BCUT2D eigenvalue weighted by atomic mass is 9.90. The van der Waals surface area contributed by atoms with Crippen LogP contribution in [0.4, 0.5) is 5.69 Å². The van der Waals surface area contributed by atoms with E-state index in [0.29, 0.717) is 29.1 Å². The summed E-state index contributed by atoms with van der Waals surface area (Å²) in [6, 6.07) is 31.2. The zero-order valence-corrected chi connectivity index (χ0v) is 29.7. The largest absolute Gasteiger partial charge is 0.571 e. The van der Waals surface area contributed by atoms with Gasteiger partial charge < -0.3 is 14.8 Å². The maximum absolute atomic E-state index is 13.2. The fourth-order valence-electron chi connectivity index (χ4n) is 7.72. The number of anilines is 1. The molecule has 4 aromatic carbocycles. The number of carbonyl (C=O) groups excluding carboxylic acids is 2. The van der Waals surface area contributed by atoms with Gasteiger partial charge >= 0.3 is 0 Å². The first-order valence-electron chi connectivity index (χ1n) is 18.4. The fraction of sp³-hybridized carbons (Fsp3) is 0.333. The van der Waals surface area contributed by atoms with Crippen LogP contribution < -0.4 is 9.86 Å². The predicted molar refractivity (Wildman–Crippen MR) is 199 cm³/mol. The van der Waals surface area contributed by atoms with Gasteiger partial charge in [-0.25, -0.2) is 0 Å². The second kappa shape index (κ2) is 14.8. The monoisotopic (exact) mass is 696 g/mol. The van der Waals surface area contributed by atoms with E-state index >= 15 is 0 Å². The summed E-state index contributed by atoms with van der Waals surface area (Å²) in [6.45, 7) is 11.8. The van der Waals surface area contributed by atoms with Gasteiger partial charge in [0.1, 0.15) is 0 Å². The number of aromatic nitrogens is 3. The lowest BCUT2D eigenvalue weighted by molar-refractivity contribution is -0.749. The van der Waals surface area contributed by atoms with Crippen LogP contribution in [0.5, 0.6) is 0 Å². The molecule has 5 aromatic rings. The Hall–Kier alpha value is -5.16. The molecule has 0 saturated carbocycles. The smallest absolute Gasteiger partial charge is 0.220 e. The van der Waals surface area contributed by atoms with Crippen LogP contribution in [-0.2, 0) is 30.8 Å². The predicted octanol–water partition coefficient (Wildman–Crippen LogP) is 5.05. The van der Waals surface area contributed by atoms with Gasteiger partial charge in [0.2, 0.25) is 17.3 Å². The molecular weight excluding hydrogens is 652 g/mol. The topological polar surface area (TPSA) is 97.8 Å². The van der Waals surface area contributed by atoms with E-state index < -0.39 is 0 Å². The van der Waals surface area contributed by atoms with Crippen molar-refractivity contribution in [2.75, 3.05) is 57.4 Å². The average molecular weight is 697 g/mol. The summed E-state index contributed by atoms with van der Waals surface area (Å²) in [5.41, 5.74) is 9.59. The van der Waals surface area contributed by atoms with Crippen LogP contribution in [0.15, 0.2) is 91.0 Å². The highest BCUT2D eigenvalue weighted by atomic mass is 16.5. The van der Waals surface area contributed by atoms with E-state index in [0.717, 1.165) is 77.6 Å². The molecule has 0 unspecified atom stereocenters. The maximum atomic E-state index is 13.2. The van der Waals surface area contributed by atoms with E-state index in [4.69, 9.17) is 4.74 Å². The summed E-state index contributed by atoms with van der Waals surface area (Å²) >= 11 is 0. The molecule has 0 spiro atoms. The quantitative estimate of drug-likeness (QED) is 0.145. The number of nitrogens with zero attached hydrogens (tertiary/aromatic N) is 6. The highest BCUT2D eigenvalue weighted by Gasteiger charge is 2.39. The Bertz CT molecular complexity index is 2080. The Balaban J connectivity index is 0.878. The Morgan fingerprint density at radius 3 is 2.13 bits per heavy atom. The van der Waals surface area contributed by atoms with Gasteiger partial charge in [-0.05, 0) is 59.7 Å². The molecule has 8 rings (SSSR count). The van der Waals surface area contributed by atoms with E-state index in [-0.39, 0.29) is 23.0 Å². The molecule has 0 amide bonds. The molecule has 0 N–H and O–H groups in total. The number of hydrogen-bond acceptors (Lipinski definition) is 8. The third-order valence-electron chi connectivity index (χ3n) is 10.7. The Morgan fingerprint density at radius 1 is 0.731 bits per heavy atom. The SMILES string of the molecule is Cc1ccc(-c2ccc(CN3CCOCC3)cc2CN2CCN(c3ccc(CCCn4c5c(n[n+]4[O-])C(=O)c4ccccc4C5=O)cc3)CC2)cc1. The van der Waals surface area contributed by atoms with Crippen LogP contribution in [0.1, 0.15) is 60.8 Å². The van der Waals surface area contributed by atoms with Crippen LogP contribution in [0.25, 0.3) is 11.1 Å². The number of morpholine rings is 1. The lowest BCUT2D eigenvalue weighted by Crippen LogP contribution is -2.46. The van der Waals surface area contributed by atoms with Gasteiger partial charge in [0.25, 0.3) is 0 Å². The number of ether oxygens (including phenoxy) is 1. The van der Waals surface area contributed by atoms with Gasteiger partial charge in [-0.3, -0.25) is 19.4 Å². The van der Waals surface area contributed by atoms with Crippen molar-refractivity contribution >= 4 is 17.3 Å². The van der Waals surface area contributed by atoms with Gasteiger partial charge in [-0.15, -0.1) is 4.68 Å². The van der Waals surface area contributed by atoms with Crippen molar-refractivity contribution in [3.63, 3.8) is 0 Å². The molecule has 1 aliphatic carbocycles. The second-order valence-electron chi connectivity index (χ2n) is 14.2. The van der Waals surface area contributed by atoms with Crippen molar-refractivity contribution in [3.05, 3.63) is 141 Å². The number of ketones is 2. The molecule has 0 bridgehead atoms. The zero-order chi connectivity index (χ0) is 35.6. The molecule has 3 heterocycles. The third kappa shape index (κ3) is 7.01. The Labute approximate surface area is 304 Å². The van der Waals surface area contributed by atoms with E-state index in [1.54, 1.807) is 24.3 Å². The number of benzene rings is 4. The summed E-state index contributed by atoms with van der Waals surface area (Å²) in [4.78, 5) is 34.0. The van der Waals surface area contributed by atoms with Crippen LogP contribution in [0, 0.1) is 12.1 Å². The first kappa shape index (κ1) is 34.0. The van der Waals surface area contributed by atoms with Crippen molar-refractivity contribution in [2.24, 2.45) is 0 Å². The lowest BCUT2D eigenvalue weighted by Gasteiger charge is -2.36. The molecular formula is C42H44N6O4. The van der Waals surface area contributed by atoms with E-state index in [1.807, 2.05) is 0 Å². The summed E-state index contributed by atoms with van der Waals surface area (Å²) in [5.74, 6) is -0.716. The second-order valence-corrected chi connectivity index (χ2v) is 14.2. The van der Waals surface area contributed by atoms with Crippen molar-refractivity contribution < 1.29 is 19.3 Å². The number of carbonyl (C=O) groups is 2. The van der Waals surface area contributed by atoms with E-state index in [2.05, 4.69) is 93.5 Å². The minimum Gasteiger partial charge on any atom is -0.571 e. The molecule has 0 radical (unpaired) electrons.